The minimum Gasteiger partial charge on any atom is -0.309 e. The summed E-state index contributed by atoms with van der Waals surface area (Å²) in [5.74, 6) is 0. The molecule has 0 saturated heterocycles. The maximum absolute atomic E-state index is 3.62. The predicted octanol–water partition coefficient (Wildman–Crippen LogP) is 5.02. The Bertz CT molecular complexity index is 528. The molecule has 0 radical (unpaired) electrons. The quantitative estimate of drug-likeness (QED) is 0.807. The number of benzene rings is 1. The van der Waals surface area contributed by atoms with E-state index in [-0.39, 0.29) is 0 Å². The fraction of sp³-hybridized carbons (Fsp3) is 0.375. The van der Waals surface area contributed by atoms with Crippen molar-refractivity contribution in [1.82, 2.24) is 5.32 Å². The molecule has 1 nitrogen and oxygen atoms in total. The van der Waals surface area contributed by atoms with Crippen molar-refractivity contribution in [2.75, 3.05) is 6.54 Å². The lowest BCUT2D eigenvalue weighted by Crippen LogP contribution is -2.22. The summed E-state index contributed by atoms with van der Waals surface area (Å²) >= 11 is 5.50. The van der Waals surface area contributed by atoms with Gasteiger partial charge in [0.15, 0.2) is 0 Å². The number of likely N-dealkylation sites (N-methyl/N-ethyl adjacent to an activating group) is 1. The van der Waals surface area contributed by atoms with Crippen LogP contribution in [0, 0.1) is 13.8 Å². The molecule has 1 aromatic heterocycles. The van der Waals surface area contributed by atoms with Crippen LogP contribution in [-0.2, 0) is 6.42 Å². The van der Waals surface area contributed by atoms with Gasteiger partial charge in [-0.2, -0.15) is 0 Å². The van der Waals surface area contributed by atoms with Gasteiger partial charge < -0.3 is 5.32 Å². The Morgan fingerprint density at radius 1 is 1.26 bits per heavy atom. The van der Waals surface area contributed by atoms with Crippen molar-refractivity contribution < 1.29 is 0 Å². The van der Waals surface area contributed by atoms with Crippen molar-refractivity contribution in [3.05, 3.63) is 55.7 Å². The highest BCUT2D eigenvalue weighted by Crippen LogP contribution is 2.32. The normalized spacial score (nSPS) is 12.6. The van der Waals surface area contributed by atoms with Crippen LogP contribution in [0.4, 0.5) is 0 Å². The summed E-state index contributed by atoms with van der Waals surface area (Å²) in [6.07, 6.45) is 1.05. The summed E-state index contributed by atoms with van der Waals surface area (Å²) in [5, 5.41) is 3.60. The van der Waals surface area contributed by atoms with Crippen LogP contribution >= 0.6 is 27.3 Å². The predicted molar refractivity (Wildman–Crippen MR) is 88.1 cm³/mol. The summed E-state index contributed by atoms with van der Waals surface area (Å²) < 4.78 is 1.22. The Kier molecular flexibility index (Phi) is 5.20. The number of halogens is 1. The van der Waals surface area contributed by atoms with Gasteiger partial charge in [0.2, 0.25) is 0 Å². The SMILES string of the molecule is CCNC(Cc1ccccc1C)c1cc(Br)c(C)s1. The molecular weight excluding hydrogens is 318 g/mol. The van der Waals surface area contributed by atoms with Crippen molar-refractivity contribution in [3.8, 4) is 0 Å². The van der Waals surface area contributed by atoms with Gasteiger partial charge in [-0.1, -0.05) is 31.2 Å². The minimum atomic E-state index is 0.404. The smallest absolute Gasteiger partial charge is 0.0456 e. The molecule has 0 aliphatic carbocycles. The summed E-state index contributed by atoms with van der Waals surface area (Å²) in [7, 11) is 0. The van der Waals surface area contributed by atoms with E-state index >= 15 is 0 Å². The van der Waals surface area contributed by atoms with Crippen molar-refractivity contribution in [2.45, 2.75) is 33.2 Å². The summed E-state index contributed by atoms with van der Waals surface area (Å²) in [5.41, 5.74) is 2.80. The van der Waals surface area contributed by atoms with Crippen LogP contribution in [0.5, 0.6) is 0 Å². The molecule has 2 rings (SSSR count). The van der Waals surface area contributed by atoms with E-state index in [4.69, 9.17) is 0 Å². The lowest BCUT2D eigenvalue weighted by molar-refractivity contribution is 0.557. The highest BCUT2D eigenvalue weighted by molar-refractivity contribution is 9.10. The molecule has 3 heteroatoms. The van der Waals surface area contributed by atoms with Crippen molar-refractivity contribution in [3.63, 3.8) is 0 Å². The number of thiophene rings is 1. The lowest BCUT2D eigenvalue weighted by Gasteiger charge is -2.17. The number of hydrogen-bond acceptors (Lipinski definition) is 2. The van der Waals surface area contributed by atoms with E-state index in [0.29, 0.717) is 6.04 Å². The fourth-order valence-electron chi connectivity index (χ4n) is 2.23. The molecule has 2 aromatic rings. The Morgan fingerprint density at radius 3 is 2.58 bits per heavy atom. The highest BCUT2D eigenvalue weighted by atomic mass is 79.9. The molecule has 1 N–H and O–H groups in total. The van der Waals surface area contributed by atoms with Crippen LogP contribution in [0.1, 0.15) is 33.8 Å². The molecule has 0 spiro atoms. The molecule has 1 heterocycles. The van der Waals surface area contributed by atoms with Gasteiger partial charge in [0.1, 0.15) is 0 Å². The van der Waals surface area contributed by atoms with E-state index in [2.05, 4.69) is 72.3 Å². The number of rotatable bonds is 5. The molecule has 1 aromatic carbocycles. The fourth-order valence-corrected chi connectivity index (χ4v) is 3.87. The largest absolute Gasteiger partial charge is 0.309 e. The molecule has 0 bridgehead atoms. The molecule has 0 fully saturated rings. The second-order valence-electron chi connectivity index (χ2n) is 4.79. The van der Waals surface area contributed by atoms with Crippen molar-refractivity contribution in [2.24, 2.45) is 0 Å². The van der Waals surface area contributed by atoms with Crippen LogP contribution in [-0.4, -0.2) is 6.54 Å². The average Bonchev–Trinajstić information content (AvgIpc) is 2.72. The van der Waals surface area contributed by atoms with Crippen LogP contribution in [0.3, 0.4) is 0 Å². The molecule has 0 aliphatic heterocycles. The van der Waals surface area contributed by atoms with Gasteiger partial charge in [0.05, 0.1) is 0 Å². The summed E-state index contributed by atoms with van der Waals surface area (Å²) in [4.78, 5) is 2.76. The second kappa shape index (κ2) is 6.69. The van der Waals surface area contributed by atoms with Gasteiger partial charge in [-0.15, -0.1) is 11.3 Å². The average molecular weight is 338 g/mol. The van der Waals surface area contributed by atoms with E-state index in [9.17, 15) is 0 Å². The molecule has 0 aliphatic rings. The molecule has 102 valence electrons. The Hall–Kier alpha value is -0.640. The first-order valence-corrected chi connectivity index (χ1v) is 8.26. The first kappa shape index (κ1) is 14.8. The van der Waals surface area contributed by atoms with E-state index in [1.54, 1.807) is 0 Å². The third kappa shape index (κ3) is 3.68. The number of aryl methyl sites for hydroxylation is 2. The van der Waals surface area contributed by atoms with E-state index in [1.165, 1.54) is 25.4 Å². The zero-order valence-electron chi connectivity index (χ0n) is 11.7. The molecule has 0 saturated carbocycles. The van der Waals surface area contributed by atoms with Gasteiger partial charge in [-0.05, 0) is 59.9 Å². The number of nitrogens with one attached hydrogen (secondary N) is 1. The van der Waals surface area contributed by atoms with E-state index in [0.717, 1.165) is 13.0 Å². The first-order chi connectivity index (χ1) is 9.11. The third-order valence-corrected chi connectivity index (χ3v) is 5.61. The van der Waals surface area contributed by atoms with Gasteiger partial charge in [-0.25, -0.2) is 0 Å². The topological polar surface area (TPSA) is 12.0 Å². The third-order valence-electron chi connectivity index (χ3n) is 3.36. The van der Waals surface area contributed by atoms with Gasteiger partial charge in [-0.3, -0.25) is 0 Å². The van der Waals surface area contributed by atoms with Gasteiger partial charge >= 0.3 is 0 Å². The van der Waals surface area contributed by atoms with Gasteiger partial charge in [0.25, 0.3) is 0 Å². The zero-order chi connectivity index (χ0) is 13.8. The maximum Gasteiger partial charge on any atom is 0.0456 e. The maximum atomic E-state index is 3.62. The zero-order valence-corrected chi connectivity index (χ0v) is 14.1. The summed E-state index contributed by atoms with van der Waals surface area (Å²) in [6, 6.07) is 11.3. The van der Waals surface area contributed by atoms with Crippen molar-refractivity contribution in [1.29, 1.82) is 0 Å². The standard InChI is InChI=1S/C16H20BrNS/c1-4-18-15(16-10-14(17)12(3)19-16)9-13-8-6-5-7-11(13)2/h5-8,10,15,18H,4,9H2,1-3H3. The van der Waals surface area contributed by atoms with Gasteiger partial charge in [0, 0.05) is 20.3 Å². The van der Waals surface area contributed by atoms with Crippen LogP contribution in [0.15, 0.2) is 34.8 Å². The van der Waals surface area contributed by atoms with E-state index in [1.807, 2.05) is 11.3 Å². The Labute approximate surface area is 128 Å². The second-order valence-corrected chi connectivity index (χ2v) is 6.94. The molecule has 1 atom stereocenters. The van der Waals surface area contributed by atoms with Crippen LogP contribution < -0.4 is 5.32 Å². The van der Waals surface area contributed by atoms with Crippen LogP contribution in [0.2, 0.25) is 0 Å². The monoisotopic (exact) mass is 337 g/mol. The summed E-state index contributed by atoms with van der Waals surface area (Å²) in [6.45, 7) is 7.51. The number of hydrogen-bond donors (Lipinski definition) is 1. The molecular formula is C16H20BrNS. The molecule has 1 unspecified atom stereocenters. The van der Waals surface area contributed by atoms with Crippen molar-refractivity contribution >= 4 is 27.3 Å². The minimum absolute atomic E-state index is 0.404. The van der Waals surface area contributed by atoms with Crippen LogP contribution in [0.25, 0.3) is 0 Å². The first-order valence-electron chi connectivity index (χ1n) is 6.65. The lowest BCUT2D eigenvalue weighted by atomic mass is 10.0. The highest BCUT2D eigenvalue weighted by Gasteiger charge is 2.15. The molecule has 0 amide bonds. The van der Waals surface area contributed by atoms with E-state index < -0.39 is 0 Å². The Balaban J connectivity index is 2.23. The molecule has 19 heavy (non-hydrogen) atoms. The Morgan fingerprint density at radius 2 is 2.00 bits per heavy atom.